The van der Waals surface area contributed by atoms with E-state index in [-0.39, 0.29) is 16.8 Å². The Morgan fingerprint density at radius 2 is 2.11 bits per heavy atom. The van der Waals surface area contributed by atoms with Crippen molar-refractivity contribution in [2.75, 3.05) is 6.61 Å². The van der Waals surface area contributed by atoms with Crippen LogP contribution in [0.2, 0.25) is 0 Å². The van der Waals surface area contributed by atoms with Gasteiger partial charge in [-0.3, -0.25) is 10.1 Å². The molecule has 0 aliphatic carbocycles. The fourth-order valence-electron chi connectivity index (χ4n) is 1.39. The smallest absolute Gasteiger partial charge is 0.396 e. The first-order valence-electron chi connectivity index (χ1n) is 5.39. The molecule has 19 heavy (non-hydrogen) atoms. The summed E-state index contributed by atoms with van der Waals surface area (Å²) < 4.78 is 37.5. The summed E-state index contributed by atoms with van der Waals surface area (Å²) >= 11 is 1.07. The molecule has 0 amide bonds. The van der Waals surface area contributed by atoms with E-state index in [0.29, 0.717) is 12.5 Å². The second kappa shape index (κ2) is 6.25. The Kier molecular flexibility index (Phi) is 5.19. The largest absolute Gasteiger partial charge is 0.416 e. The van der Waals surface area contributed by atoms with Crippen molar-refractivity contribution in [2.24, 2.45) is 0 Å². The summed E-state index contributed by atoms with van der Waals surface area (Å²) in [5.74, 6) is 0. The molecule has 0 bridgehead atoms. The summed E-state index contributed by atoms with van der Waals surface area (Å²) in [6.45, 7) is 1.66. The van der Waals surface area contributed by atoms with Crippen molar-refractivity contribution in [2.45, 2.75) is 29.7 Å². The van der Waals surface area contributed by atoms with Gasteiger partial charge in [0.05, 0.1) is 15.4 Å². The van der Waals surface area contributed by atoms with E-state index in [1.165, 1.54) is 0 Å². The highest BCUT2D eigenvalue weighted by molar-refractivity contribution is 8.00. The van der Waals surface area contributed by atoms with Gasteiger partial charge in [0.1, 0.15) is 0 Å². The van der Waals surface area contributed by atoms with E-state index in [0.717, 1.165) is 23.9 Å². The predicted molar refractivity (Wildman–Crippen MR) is 65.1 cm³/mol. The van der Waals surface area contributed by atoms with Gasteiger partial charge >= 0.3 is 6.18 Å². The van der Waals surface area contributed by atoms with Gasteiger partial charge in [0.25, 0.3) is 5.69 Å². The van der Waals surface area contributed by atoms with Gasteiger partial charge in [-0.05, 0) is 18.6 Å². The fourth-order valence-corrected chi connectivity index (χ4v) is 2.45. The van der Waals surface area contributed by atoms with Crippen molar-refractivity contribution in [3.8, 4) is 0 Å². The first-order chi connectivity index (χ1) is 8.75. The van der Waals surface area contributed by atoms with Gasteiger partial charge in [0.15, 0.2) is 0 Å². The second-order valence-electron chi connectivity index (χ2n) is 3.88. The fraction of sp³-hybridized carbons (Fsp3) is 0.455. The summed E-state index contributed by atoms with van der Waals surface area (Å²) in [7, 11) is 0. The van der Waals surface area contributed by atoms with E-state index >= 15 is 0 Å². The van der Waals surface area contributed by atoms with Crippen LogP contribution in [-0.2, 0) is 6.18 Å². The van der Waals surface area contributed by atoms with Crippen LogP contribution in [0.4, 0.5) is 18.9 Å². The van der Waals surface area contributed by atoms with Crippen molar-refractivity contribution in [3.05, 3.63) is 33.9 Å². The van der Waals surface area contributed by atoms with Gasteiger partial charge in [0.2, 0.25) is 0 Å². The number of thioether (sulfide) groups is 1. The van der Waals surface area contributed by atoms with Gasteiger partial charge in [-0.25, -0.2) is 0 Å². The van der Waals surface area contributed by atoms with Gasteiger partial charge < -0.3 is 5.11 Å². The molecule has 1 N–H and O–H groups in total. The van der Waals surface area contributed by atoms with Crippen LogP contribution >= 0.6 is 11.8 Å². The zero-order valence-electron chi connectivity index (χ0n) is 9.98. The van der Waals surface area contributed by atoms with Gasteiger partial charge in [-0.1, -0.05) is 6.92 Å². The van der Waals surface area contributed by atoms with E-state index in [2.05, 4.69) is 0 Å². The number of hydrogen-bond acceptors (Lipinski definition) is 4. The molecule has 0 fully saturated rings. The monoisotopic (exact) mass is 295 g/mol. The Hall–Kier alpha value is -1.28. The Morgan fingerprint density at radius 1 is 1.47 bits per heavy atom. The number of nitro groups is 1. The maximum Gasteiger partial charge on any atom is 0.416 e. The number of nitro benzene ring substituents is 1. The van der Waals surface area contributed by atoms with Crippen LogP contribution in [0.25, 0.3) is 0 Å². The third-order valence-electron chi connectivity index (χ3n) is 2.35. The molecular formula is C11H12F3NO3S. The number of halogens is 3. The summed E-state index contributed by atoms with van der Waals surface area (Å²) in [6, 6.07) is 2.45. The minimum atomic E-state index is -4.61. The quantitative estimate of drug-likeness (QED) is 0.513. The van der Waals surface area contributed by atoms with Crippen molar-refractivity contribution >= 4 is 17.4 Å². The summed E-state index contributed by atoms with van der Waals surface area (Å²) in [6.07, 6.45) is -4.20. The molecule has 0 aliphatic heterocycles. The van der Waals surface area contributed by atoms with Crippen LogP contribution in [-0.4, -0.2) is 21.9 Å². The Balaban J connectivity index is 3.09. The van der Waals surface area contributed by atoms with E-state index in [1.54, 1.807) is 6.92 Å². The molecule has 1 atom stereocenters. The topological polar surface area (TPSA) is 63.4 Å². The molecule has 0 aliphatic rings. The summed E-state index contributed by atoms with van der Waals surface area (Å²) in [5.41, 5.74) is -1.61. The van der Waals surface area contributed by atoms with Crippen LogP contribution in [0.1, 0.15) is 18.9 Å². The lowest BCUT2D eigenvalue weighted by molar-refractivity contribution is -0.388. The van der Waals surface area contributed by atoms with Crippen LogP contribution < -0.4 is 0 Å². The maximum absolute atomic E-state index is 12.5. The number of alkyl halides is 3. The maximum atomic E-state index is 12.5. The number of aliphatic hydroxyl groups excluding tert-OH is 1. The highest BCUT2D eigenvalue weighted by Gasteiger charge is 2.33. The lowest BCUT2D eigenvalue weighted by Gasteiger charge is -2.11. The standard InChI is InChI=1S/C11H12F3NO3S/c1-7(4-5-16)19-10-3-2-8(11(12,13)14)6-9(10)15(17)18/h2-3,6-7,16H,4-5H2,1H3. The molecule has 1 unspecified atom stereocenters. The Bertz CT molecular complexity index is 465. The minimum Gasteiger partial charge on any atom is -0.396 e. The first-order valence-corrected chi connectivity index (χ1v) is 6.27. The lowest BCUT2D eigenvalue weighted by atomic mass is 10.2. The van der Waals surface area contributed by atoms with E-state index < -0.39 is 22.4 Å². The molecule has 106 valence electrons. The van der Waals surface area contributed by atoms with Crippen molar-refractivity contribution in [3.63, 3.8) is 0 Å². The zero-order valence-corrected chi connectivity index (χ0v) is 10.8. The van der Waals surface area contributed by atoms with Crippen molar-refractivity contribution < 1.29 is 23.2 Å². The van der Waals surface area contributed by atoms with E-state index in [9.17, 15) is 23.3 Å². The van der Waals surface area contributed by atoms with Crippen LogP contribution in [0.5, 0.6) is 0 Å². The predicted octanol–water partition coefficient (Wildman–Crippen LogP) is 3.48. The molecule has 0 aromatic heterocycles. The normalized spacial score (nSPS) is 13.3. The number of rotatable bonds is 5. The molecule has 1 rings (SSSR count). The molecule has 8 heteroatoms. The SMILES string of the molecule is CC(CCO)Sc1ccc(C(F)(F)F)cc1[N+](=O)[O-]. The third kappa shape index (κ3) is 4.39. The number of hydrogen-bond donors (Lipinski definition) is 1. The zero-order chi connectivity index (χ0) is 14.6. The number of aliphatic hydroxyl groups is 1. The summed E-state index contributed by atoms with van der Waals surface area (Å²) in [5, 5.41) is 19.4. The van der Waals surface area contributed by atoms with Crippen molar-refractivity contribution in [1.29, 1.82) is 0 Å². The van der Waals surface area contributed by atoms with E-state index in [1.807, 2.05) is 0 Å². The summed E-state index contributed by atoms with van der Waals surface area (Å²) in [4.78, 5) is 10.2. The van der Waals surface area contributed by atoms with E-state index in [4.69, 9.17) is 5.11 Å². The molecule has 0 saturated heterocycles. The molecule has 1 aromatic carbocycles. The van der Waals surface area contributed by atoms with Gasteiger partial charge in [0, 0.05) is 17.9 Å². The molecule has 0 saturated carbocycles. The minimum absolute atomic E-state index is 0.0808. The second-order valence-corrected chi connectivity index (χ2v) is 5.36. The highest BCUT2D eigenvalue weighted by Crippen LogP contribution is 2.38. The molecule has 0 spiro atoms. The van der Waals surface area contributed by atoms with Crippen molar-refractivity contribution in [1.82, 2.24) is 0 Å². The van der Waals surface area contributed by atoms with Crippen LogP contribution in [0.3, 0.4) is 0 Å². The van der Waals surface area contributed by atoms with Crippen LogP contribution in [0, 0.1) is 10.1 Å². The Labute approximate surface area is 111 Å². The highest BCUT2D eigenvalue weighted by atomic mass is 32.2. The molecule has 0 radical (unpaired) electrons. The average molecular weight is 295 g/mol. The molecular weight excluding hydrogens is 283 g/mol. The average Bonchev–Trinajstić information content (AvgIpc) is 2.27. The molecule has 1 aromatic rings. The van der Waals surface area contributed by atoms with Crippen LogP contribution in [0.15, 0.2) is 23.1 Å². The van der Waals surface area contributed by atoms with Gasteiger partial charge in [-0.15, -0.1) is 11.8 Å². The molecule has 0 heterocycles. The number of benzene rings is 1. The number of nitrogens with zero attached hydrogens (tertiary/aromatic N) is 1. The Morgan fingerprint density at radius 3 is 2.58 bits per heavy atom. The van der Waals surface area contributed by atoms with Gasteiger partial charge in [-0.2, -0.15) is 13.2 Å². The first kappa shape index (κ1) is 15.8. The lowest BCUT2D eigenvalue weighted by Crippen LogP contribution is -2.06. The third-order valence-corrected chi connectivity index (χ3v) is 3.58. The molecule has 4 nitrogen and oxygen atoms in total.